The van der Waals surface area contributed by atoms with E-state index in [0.717, 1.165) is 23.6 Å². The maximum atomic E-state index is 6.44. The normalized spacial score (nSPS) is 12.4. The largest absolute Gasteiger partial charge is 0.512 e. The van der Waals surface area contributed by atoms with E-state index >= 15 is 0 Å². The van der Waals surface area contributed by atoms with E-state index in [1.807, 2.05) is 60.7 Å². The van der Waals surface area contributed by atoms with Crippen molar-refractivity contribution in [3.63, 3.8) is 0 Å². The molecule has 0 fully saturated rings. The summed E-state index contributed by atoms with van der Waals surface area (Å²) in [6.07, 6.45) is 0.266. The lowest BCUT2D eigenvalue weighted by atomic mass is 10.3. The fraction of sp³-hybridized carbons (Fsp3) is 0.455. The summed E-state index contributed by atoms with van der Waals surface area (Å²) in [7, 11) is -4.91. The zero-order valence-corrected chi connectivity index (χ0v) is 20.0. The summed E-state index contributed by atoms with van der Waals surface area (Å²) in [6, 6.07) is 21.4. The molecule has 0 spiro atoms. The molecule has 0 amide bonds. The van der Waals surface area contributed by atoms with Gasteiger partial charge in [-0.3, -0.25) is 0 Å². The van der Waals surface area contributed by atoms with Gasteiger partial charge in [0.1, 0.15) is 11.5 Å². The second-order valence-corrected chi connectivity index (χ2v) is 14.3. The summed E-state index contributed by atoms with van der Waals surface area (Å²) in [5.74, 6) is 1.68. The van der Waals surface area contributed by atoms with Crippen molar-refractivity contribution in [3.8, 4) is 11.5 Å². The van der Waals surface area contributed by atoms with Gasteiger partial charge in [-0.2, -0.15) is 0 Å². The van der Waals surface area contributed by atoms with Crippen molar-refractivity contribution in [2.24, 2.45) is 0 Å². The molecule has 0 radical (unpaired) electrons. The molecule has 28 heavy (non-hydrogen) atoms. The van der Waals surface area contributed by atoms with Crippen molar-refractivity contribution in [1.82, 2.24) is 0 Å². The third-order valence-corrected chi connectivity index (χ3v) is 10.2. The van der Waals surface area contributed by atoms with E-state index in [9.17, 15) is 0 Å². The first kappa shape index (κ1) is 22.7. The molecule has 0 atom stereocenters. The molecule has 0 bridgehead atoms. The molecule has 6 heteroatoms. The summed E-state index contributed by atoms with van der Waals surface area (Å²) in [4.78, 5) is 0. The number of benzene rings is 2. The zero-order chi connectivity index (χ0) is 20.6. The Morgan fingerprint density at radius 3 is 1.32 bits per heavy atom. The second-order valence-electron chi connectivity index (χ2n) is 7.93. The van der Waals surface area contributed by atoms with E-state index in [1.165, 1.54) is 0 Å². The summed E-state index contributed by atoms with van der Waals surface area (Å²) in [6.45, 7) is 12.5. The Morgan fingerprint density at radius 1 is 0.607 bits per heavy atom. The summed E-state index contributed by atoms with van der Waals surface area (Å²) < 4.78 is 25.4. The third kappa shape index (κ3) is 7.79. The number of rotatable bonds is 11. The molecule has 0 aliphatic rings. The van der Waals surface area contributed by atoms with Crippen molar-refractivity contribution in [3.05, 3.63) is 60.7 Å². The van der Waals surface area contributed by atoms with Crippen molar-refractivity contribution in [2.75, 3.05) is 0 Å². The van der Waals surface area contributed by atoms with Crippen LogP contribution in [0.3, 0.4) is 0 Å². The van der Waals surface area contributed by atoms with Gasteiger partial charge in [0, 0.05) is 24.8 Å². The van der Waals surface area contributed by atoms with E-state index < -0.39 is 17.1 Å². The van der Waals surface area contributed by atoms with Gasteiger partial charge in [-0.25, -0.2) is 0 Å². The van der Waals surface area contributed by atoms with Crippen LogP contribution in [-0.2, 0) is 8.85 Å². The van der Waals surface area contributed by atoms with Gasteiger partial charge >= 0.3 is 17.1 Å². The second kappa shape index (κ2) is 10.3. The Bertz CT molecular complexity index is 641. The molecule has 0 N–H and O–H groups in total. The summed E-state index contributed by atoms with van der Waals surface area (Å²) in [5, 5.41) is 0. The van der Waals surface area contributed by atoms with Crippen LogP contribution in [0.2, 0.25) is 25.2 Å². The van der Waals surface area contributed by atoms with Crippen LogP contribution in [0.1, 0.15) is 27.7 Å². The fourth-order valence-electron chi connectivity index (χ4n) is 3.20. The minimum atomic E-state index is -2.57. The Hall–Kier alpha value is -1.61. The average molecular weight is 419 g/mol. The van der Waals surface area contributed by atoms with Crippen LogP contribution in [0.25, 0.3) is 0 Å². The lowest BCUT2D eigenvalue weighted by molar-refractivity contribution is 0.110. The Labute approximate surface area is 172 Å². The van der Waals surface area contributed by atoms with Gasteiger partial charge in [0.05, 0.1) is 0 Å². The SMILES string of the molecule is CC(C)O[Si](C)(CC[Si](C)(Oc1ccccc1)Oc1ccccc1)OC(C)C. The maximum absolute atomic E-state index is 6.44. The van der Waals surface area contributed by atoms with Crippen LogP contribution in [0.4, 0.5) is 0 Å². The lowest BCUT2D eigenvalue weighted by Crippen LogP contribution is -2.50. The monoisotopic (exact) mass is 418 g/mol. The van der Waals surface area contributed by atoms with Crippen LogP contribution in [0.15, 0.2) is 60.7 Å². The predicted molar refractivity (Wildman–Crippen MR) is 119 cm³/mol. The van der Waals surface area contributed by atoms with Crippen molar-refractivity contribution < 1.29 is 17.7 Å². The van der Waals surface area contributed by atoms with Crippen molar-refractivity contribution in [2.45, 2.75) is 65.1 Å². The molecule has 2 aromatic rings. The molecular weight excluding hydrogens is 384 g/mol. The summed E-state index contributed by atoms with van der Waals surface area (Å²) in [5.41, 5.74) is 0. The third-order valence-electron chi connectivity index (χ3n) is 4.16. The van der Waals surface area contributed by atoms with Gasteiger partial charge < -0.3 is 17.7 Å². The minimum absolute atomic E-state index is 0.133. The van der Waals surface area contributed by atoms with Gasteiger partial charge in [-0.15, -0.1) is 0 Å². The molecule has 0 aliphatic heterocycles. The smallest absolute Gasteiger partial charge is 0.457 e. The molecule has 0 heterocycles. The van der Waals surface area contributed by atoms with Gasteiger partial charge in [-0.05, 0) is 64.6 Å². The van der Waals surface area contributed by atoms with Gasteiger partial charge in [0.2, 0.25) is 0 Å². The Morgan fingerprint density at radius 2 is 0.964 bits per heavy atom. The molecular formula is C22H34O4Si2. The molecule has 4 nitrogen and oxygen atoms in total. The van der Waals surface area contributed by atoms with Gasteiger partial charge in [-0.1, -0.05) is 36.4 Å². The van der Waals surface area contributed by atoms with Crippen molar-refractivity contribution >= 4 is 17.1 Å². The molecule has 2 aromatic carbocycles. The number of hydrogen-bond donors (Lipinski definition) is 0. The van der Waals surface area contributed by atoms with Crippen LogP contribution in [0, 0.1) is 0 Å². The first-order chi connectivity index (χ1) is 13.2. The summed E-state index contributed by atoms with van der Waals surface area (Å²) >= 11 is 0. The highest BCUT2D eigenvalue weighted by molar-refractivity contribution is 6.72. The first-order valence-electron chi connectivity index (χ1n) is 10.0. The Balaban J connectivity index is 2.19. The highest BCUT2D eigenvalue weighted by Gasteiger charge is 2.43. The first-order valence-corrected chi connectivity index (χ1v) is 15.1. The van der Waals surface area contributed by atoms with E-state index in [-0.39, 0.29) is 12.2 Å². The van der Waals surface area contributed by atoms with E-state index in [4.69, 9.17) is 17.7 Å². The van der Waals surface area contributed by atoms with Crippen molar-refractivity contribution in [1.29, 1.82) is 0 Å². The quantitative estimate of drug-likeness (QED) is 0.411. The van der Waals surface area contributed by atoms with E-state index in [2.05, 4.69) is 40.8 Å². The van der Waals surface area contributed by atoms with E-state index in [0.29, 0.717) is 0 Å². The topological polar surface area (TPSA) is 36.9 Å². The highest BCUT2D eigenvalue weighted by Crippen LogP contribution is 2.29. The van der Waals surface area contributed by atoms with Gasteiger partial charge in [0.15, 0.2) is 0 Å². The van der Waals surface area contributed by atoms with Crippen LogP contribution < -0.4 is 8.85 Å². The molecule has 2 rings (SSSR count). The zero-order valence-electron chi connectivity index (χ0n) is 18.0. The molecule has 0 saturated carbocycles. The molecule has 154 valence electrons. The van der Waals surface area contributed by atoms with Crippen LogP contribution in [0.5, 0.6) is 11.5 Å². The highest BCUT2D eigenvalue weighted by atomic mass is 28.4. The number of hydrogen-bond acceptors (Lipinski definition) is 4. The lowest BCUT2D eigenvalue weighted by Gasteiger charge is -2.34. The van der Waals surface area contributed by atoms with Crippen LogP contribution >= 0.6 is 0 Å². The van der Waals surface area contributed by atoms with E-state index in [1.54, 1.807) is 0 Å². The van der Waals surface area contributed by atoms with Gasteiger partial charge in [0.25, 0.3) is 0 Å². The Kier molecular flexibility index (Phi) is 8.30. The molecule has 0 aliphatic carbocycles. The average Bonchev–Trinajstić information content (AvgIpc) is 2.60. The number of para-hydroxylation sites is 2. The molecule has 0 aromatic heterocycles. The fourth-order valence-corrected chi connectivity index (χ4v) is 10.6. The van der Waals surface area contributed by atoms with Crippen LogP contribution in [-0.4, -0.2) is 29.3 Å². The molecule has 0 saturated heterocycles. The molecule has 0 unspecified atom stereocenters. The standard InChI is InChI=1S/C22H34O4Si2/c1-19(2)23-27(5,24-20(3)4)17-18-28(6,25-21-13-9-7-10-14-21)26-22-15-11-8-12-16-22/h7-16,19-20H,17-18H2,1-6H3. The maximum Gasteiger partial charge on any atom is 0.457 e. The minimum Gasteiger partial charge on any atom is -0.512 e. The predicted octanol–water partition coefficient (Wildman–Crippen LogP) is 6.14.